The zero-order valence-electron chi connectivity index (χ0n) is 16.5. The van der Waals surface area contributed by atoms with E-state index in [1.54, 1.807) is 0 Å². The van der Waals surface area contributed by atoms with Gasteiger partial charge in [0.05, 0.1) is 22.1 Å². The highest BCUT2D eigenvalue weighted by Crippen LogP contribution is 2.30. The topological polar surface area (TPSA) is 66.6 Å². The molecule has 0 aliphatic rings. The van der Waals surface area contributed by atoms with Crippen LogP contribution in [-0.4, -0.2) is 19.9 Å². The van der Waals surface area contributed by atoms with E-state index in [1.165, 1.54) is 0 Å². The van der Waals surface area contributed by atoms with Crippen molar-refractivity contribution in [2.75, 3.05) is 0 Å². The molecule has 0 spiro atoms. The van der Waals surface area contributed by atoms with Crippen molar-refractivity contribution in [2.24, 2.45) is 0 Å². The van der Waals surface area contributed by atoms with Gasteiger partial charge >= 0.3 is 0 Å². The first kappa shape index (κ1) is 17.5. The van der Waals surface area contributed by atoms with Gasteiger partial charge in [-0.3, -0.25) is 0 Å². The molecular weight excluding hydrogens is 384 g/mol. The quantitative estimate of drug-likeness (QED) is 0.351. The molecule has 0 saturated heterocycles. The molecule has 4 aromatic carbocycles. The number of benzene rings is 4. The van der Waals surface area contributed by atoms with Crippen LogP contribution in [0.5, 0.6) is 11.5 Å². The molecule has 0 amide bonds. The summed E-state index contributed by atoms with van der Waals surface area (Å²) in [5, 5.41) is 0. The van der Waals surface area contributed by atoms with Gasteiger partial charge in [-0.15, -0.1) is 0 Å². The summed E-state index contributed by atoms with van der Waals surface area (Å²) in [7, 11) is 0. The van der Waals surface area contributed by atoms with Gasteiger partial charge < -0.3 is 14.7 Å². The Bertz CT molecular complexity index is 1350. The summed E-state index contributed by atoms with van der Waals surface area (Å²) >= 11 is 0. The lowest BCUT2D eigenvalue weighted by atomic mass is 10.2. The fourth-order valence-corrected chi connectivity index (χ4v) is 3.73. The van der Waals surface area contributed by atoms with Crippen LogP contribution >= 0.6 is 0 Å². The van der Waals surface area contributed by atoms with E-state index in [4.69, 9.17) is 4.74 Å². The second kappa shape index (κ2) is 7.15. The van der Waals surface area contributed by atoms with Crippen molar-refractivity contribution in [3.8, 4) is 34.3 Å². The second-order valence-electron chi connectivity index (χ2n) is 7.36. The number of para-hydroxylation sites is 4. The van der Waals surface area contributed by atoms with Gasteiger partial charge in [0, 0.05) is 11.1 Å². The van der Waals surface area contributed by atoms with Crippen LogP contribution in [-0.2, 0) is 0 Å². The molecule has 31 heavy (non-hydrogen) atoms. The number of fused-ring (bicyclic) bond motifs is 2. The summed E-state index contributed by atoms with van der Waals surface area (Å²) in [6.07, 6.45) is 0. The standard InChI is InChI=1S/C26H18N4O/c1-2-12-22-21(11-1)27-25(28-22)17-7-5-9-19(15-17)31-20-10-6-8-18(16-20)26-29-23-13-3-4-14-24(23)30-26/h1-16H,(H,27,28)(H,29,30). The Hall–Kier alpha value is -4.38. The third-order valence-electron chi connectivity index (χ3n) is 5.23. The minimum absolute atomic E-state index is 0.750. The predicted octanol–water partition coefficient (Wildman–Crippen LogP) is 6.57. The lowest BCUT2D eigenvalue weighted by Crippen LogP contribution is -1.88. The Morgan fingerprint density at radius 2 is 1.00 bits per heavy atom. The molecule has 0 saturated carbocycles. The van der Waals surface area contributed by atoms with E-state index in [2.05, 4.69) is 19.9 Å². The van der Waals surface area contributed by atoms with E-state index < -0.39 is 0 Å². The summed E-state index contributed by atoms with van der Waals surface area (Å²) in [6, 6.07) is 31.9. The molecule has 0 atom stereocenters. The number of imidazole rings is 2. The number of hydrogen-bond donors (Lipinski definition) is 2. The van der Waals surface area contributed by atoms with Crippen LogP contribution < -0.4 is 4.74 Å². The maximum Gasteiger partial charge on any atom is 0.138 e. The highest BCUT2D eigenvalue weighted by Gasteiger charge is 2.09. The zero-order valence-corrected chi connectivity index (χ0v) is 16.5. The number of nitrogens with zero attached hydrogens (tertiary/aromatic N) is 2. The Morgan fingerprint density at radius 1 is 0.516 bits per heavy atom. The maximum absolute atomic E-state index is 6.17. The van der Waals surface area contributed by atoms with Crippen LogP contribution in [0.3, 0.4) is 0 Å². The summed E-state index contributed by atoms with van der Waals surface area (Å²) in [5.74, 6) is 3.14. The van der Waals surface area contributed by atoms with Gasteiger partial charge in [0.1, 0.15) is 23.1 Å². The Kier molecular flexibility index (Phi) is 4.03. The maximum atomic E-state index is 6.17. The molecule has 148 valence electrons. The first-order chi connectivity index (χ1) is 15.3. The molecule has 5 nitrogen and oxygen atoms in total. The summed E-state index contributed by atoms with van der Waals surface area (Å²) in [4.78, 5) is 16.1. The molecule has 0 bridgehead atoms. The van der Waals surface area contributed by atoms with Crippen molar-refractivity contribution < 1.29 is 4.74 Å². The van der Waals surface area contributed by atoms with Gasteiger partial charge in [0.25, 0.3) is 0 Å². The van der Waals surface area contributed by atoms with Crippen molar-refractivity contribution in [1.82, 2.24) is 19.9 Å². The number of rotatable bonds is 4. The van der Waals surface area contributed by atoms with Crippen LogP contribution in [0.2, 0.25) is 0 Å². The number of hydrogen-bond acceptors (Lipinski definition) is 3. The Balaban J connectivity index is 1.30. The van der Waals surface area contributed by atoms with Gasteiger partial charge in [-0.25, -0.2) is 9.97 Å². The van der Waals surface area contributed by atoms with E-state index in [9.17, 15) is 0 Å². The molecule has 5 heteroatoms. The summed E-state index contributed by atoms with van der Waals surface area (Å²) in [6.45, 7) is 0. The highest BCUT2D eigenvalue weighted by atomic mass is 16.5. The minimum atomic E-state index is 0.750. The minimum Gasteiger partial charge on any atom is -0.457 e. The van der Waals surface area contributed by atoms with Crippen LogP contribution in [0, 0.1) is 0 Å². The summed E-state index contributed by atoms with van der Waals surface area (Å²) in [5.41, 5.74) is 5.87. The van der Waals surface area contributed by atoms with E-state index >= 15 is 0 Å². The van der Waals surface area contributed by atoms with Crippen molar-refractivity contribution in [1.29, 1.82) is 0 Å². The number of aromatic nitrogens is 4. The molecule has 2 N–H and O–H groups in total. The SMILES string of the molecule is c1cc(Oc2cccc(-c3nc4ccccc4[nH]3)c2)cc(-c2nc3ccccc3[nH]2)c1. The third kappa shape index (κ3) is 3.32. The molecule has 0 aliphatic heterocycles. The Labute approximate surface area is 178 Å². The second-order valence-corrected chi connectivity index (χ2v) is 7.36. The molecule has 0 unspecified atom stereocenters. The smallest absolute Gasteiger partial charge is 0.138 e. The average molecular weight is 402 g/mol. The Morgan fingerprint density at radius 3 is 1.48 bits per heavy atom. The first-order valence-electron chi connectivity index (χ1n) is 10.1. The number of aromatic amines is 2. The highest BCUT2D eigenvalue weighted by molar-refractivity contribution is 5.80. The molecular formula is C26H18N4O. The average Bonchev–Trinajstić information content (AvgIpc) is 3.44. The monoisotopic (exact) mass is 402 g/mol. The van der Waals surface area contributed by atoms with Gasteiger partial charge in [-0.1, -0.05) is 48.5 Å². The van der Waals surface area contributed by atoms with E-state index in [-0.39, 0.29) is 0 Å². The lowest BCUT2D eigenvalue weighted by molar-refractivity contribution is 0.483. The lowest BCUT2D eigenvalue weighted by Gasteiger charge is -2.08. The van der Waals surface area contributed by atoms with Gasteiger partial charge in [-0.2, -0.15) is 0 Å². The van der Waals surface area contributed by atoms with Crippen LogP contribution in [0.1, 0.15) is 0 Å². The fourth-order valence-electron chi connectivity index (χ4n) is 3.73. The molecule has 0 fully saturated rings. The number of H-pyrrole nitrogens is 2. The van der Waals surface area contributed by atoms with Crippen molar-refractivity contribution in [3.05, 3.63) is 97.1 Å². The summed E-state index contributed by atoms with van der Waals surface area (Å²) < 4.78 is 6.17. The first-order valence-corrected chi connectivity index (χ1v) is 10.1. The van der Waals surface area contributed by atoms with Crippen molar-refractivity contribution in [3.63, 3.8) is 0 Å². The zero-order chi connectivity index (χ0) is 20.6. The molecule has 2 aromatic heterocycles. The van der Waals surface area contributed by atoms with Crippen molar-refractivity contribution >= 4 is 22.1 Å². The third-order valence-corrected chi connectivity index (χ3v) is 5.23. The molecule has 6 aromatic rings. The fraction of sp³-hybridized carbons (Fsp3) is 0. The number of ether oxygens (including phenoxy) is 1. The largest absolute Gasteiger partial charge is 0.457 e. The normalized spacial score (nSPS) is 11.2. The molecule has 0 radical (unpaired) electrons. The molecule has 2 heterocycles. The predicted molar refractivity (Wildman–Crippen MR) is 123 cm³/mol. The van der Waals surface area contributed by atoms with E-state index in [0.717, 1.165) is 56.3 Å². The van der Waals surface area contributed by atoms with E-state index in [1.807, 2.05) is 97.1 Å². The van der Waals surface area contributed by atoms with Gasteiger partial charge in [0.15, 0.2) is 0 Å². The molecule has 0 aliphatic carbocycles. The molecule has 6 rings (SSSR count). The van der Waals surface area contributed by atoms with Gasteiger partial charge in [-0.05, 0) is 48.5 Å². The van der Waals surface area contributed by atoms with Crippen LogP contribution in [0.15, 0.2) is 97.1 Å². The van der Waals surface area contributed by atoms with E-state index in [0.29, 0.717) is 0 Å². The van der Waals surface area contributed by atoms with Crippen LogP contribution in [0.4, 0.5) is 0 Å². The number of nitrogens with one attached hydrogen (secondary N) is 2. The van der Waals surface area contributed by atoms with Gasteiger partial charge in [0.2, 0.25) is 0 Å². The van der Waals surface area contributed by atoms with Crippen molar-refractivity contribution in [2.45, 2.75) is 0 Å². The van der Waals surface area contributed by atoms with Crippen LogP contribution in [0.25, 0.3) is 44.8 Å².